The number of amides is 2. The predicted molar refractivity (Wildman–Crippen MR) is 80.2 cm³/mol. The zero-order chi connectivity index (χ0) is 15.6. The molecule has 2 fully saturated rings. The van der Waals surface area contributed by atoms with Gasteiger partial charge in [-0.15, -0.1) is 0 Å². The van der Waals surface area contributed by atoms with Crippen molar-refractivity contribution in [1.82, 2.24) is 15.1 Å². The van der Waals surface area contributed by atoms with Crippen LogP contribution >= 0.6 is 0 Å². The van der Waals surface area contributed by atoms with E-state index in [9.17, 15) is 9.59 Å². The summed E-state index contributed by atoms with van der Waals surface area (Å²) in [5, 5.41) is 11.7. The van der Waals surface area contributed by atoms with Gasteiger partial charge in [0.25, 0.3) is 0 Å². The van der Waals surface area contributed by atoms with E-state index in [1.807, 2.05) is 4.90 Å². The average Bonchev–Trinajstić information content (AvgIpc) is 2.36. The molecule has 0 spiro atoms. The molecular formula is C15H27N3O3. The highest BCUT2D eigenvalue weighted by Gasteiger charge is 2.36. The standard InChI is InChI=1S/C15H27N3O3/c1-15(2,9-13(19)20)16-14(21)18-8-6-12-11(10-18)5-4-7-17(12)3/h11-12H,4-10H2,1-3H3,(H,16,21)(H,19,20). The maximum atomic E-state index is 12.4. The molecule has 2 amide bonds. The number of hydrogen-bond acceptors (Lipinski definition) is 3. The second-order valence-corrected chi connectivity index (χ2v) is 7.07. The summed E-state index contributed by atoms with van der Waals surface area (Å²) in [6, 6.07) is 0.461. The molecule has 0 aromatic rings. The summed E-state index contributed by atoms with van der Waals surface area (Å²) in [7, 11) is 2.17. The molecule has 2 unspecified atom stereocenters. The lowest BCUT2D eigenvalue weighted by Gasteiger charge is -2.46. The SMILES string of the molecule is CN1CCCC2CN(C(=O)NC(C)(C)CC(=O)O)CCC21. The molecule has 2 saturated heterocycles. The predicted octanol–water partition coefficient (Wildman–Crippen LogP) is 1.37. The van der Waals surface area contributed by atoms with Crippen molar-refractivity contribution < 1.29 is 14.7 Å². The Kier molecular flexibility index (Phi) is 4.76. The molecule has 0 bridgehead atoms. The largest absolute Gasteiger partial charge is 0.481 e. The van der Waals surface area contributed by atoms with Crippen molar-refractivity contribution in [2.24, 2.45) is 5.92 Å². The number of fused-ring (bicyclic) bond motifs is 1. The van der Waals surface area contributed by atoms with E-state index in [0.29, 0.717) is 12.0 Å². The topological polar surface area (TPSA) is 72.9 Å². The number of carboxylic acid groups (broad SMARTS) is 1. The van der Waals surface area contributed by atoms with E-state index in [1.165, 1.54) is 12.8 Å². The van der Waals surface area contributed by atoms with E-state index < -0.39 is 11.5 Å². The lowest BCUT2D eigenvalue weighted by atomic mass is 9.84. The van der Waals surface area contributed by atoms with Gasteiger partial charge in [-0.3, -0.25) is 4.79 Å². The number of carbonyl (C=O) groups excluding carboxylic acids is 1. The second kappa shape index (κ2) is 6.22. The quantitative estimate of drug-likeness (QED) is 0.825. The molecule has 2 aliphatic rings. The Hall–Kier alpha value is -1.30. The van der Waals surface area contributed by atoms with Gasteiger partial charge in [0.15, 0.2) is 0 Å². The Morgan fingerprint density at radius 2 is 2.00 bits per heavy atom. The minimum Gasteiger partial charge on any atom is -0.481 e. The van der Waals surface area contributed by atoms with Crippen molar-refractivity contribution in [2.45, 2.75) is 51.1 Å². The summed E-state index contributed by atoms with van der Waals surface area (Å²) < 4.78 is 0. The summed E-state index contributed by atoms with van der Waals surface area (Å²) in [6.07, 6.45) is 3.31. The van der Waals surface area contributed by atoms with Gasteiger partial charge >= 0.3 is 12.0 Å². The molecule has 0 aliphatic carbocycles. The van der Waals surface area contributed by atoms with E-state index in [0.717, 1.165) is 26.1 Å². The van der Waals surface area contributed by atoms with Gasteiger partial charge in [-0.1, -0.05) is 0 Å². The number of hydrogen-bond donors (Lipinski definition) is 2. The fraction of sp³-hybridized carbons (Fsp3) is 0.867. The molecule has 0 aromatic heterocycles. The fourth-order valence-electron chi connectivity index (χ4n) is 3.63. The lowest BCUT2D eigenvalue weighted by molar-refractivity contribution is -0.138. The van der Waals surface area contributed by atoms with Crippen LogP contribution in [0.5, 0.6) is 0 Å². The van der Waals surface area contributed by atoms with Crippen LogP contribution < -0.4 is 5.32 Å². The fourth-order valence-corrected chi connectivity index (χ4v) is 3.63. The normalized spacial score (nSPS) is 27.1. The van der Waals surface area contributed by atoms with Gasteiger partial charge < -0.3 is 20.2 Å². The van der Waals surface area contributed by atoms with E-state index in [2.05, 4.69) is 17.3 Å². The van der Waals surface area contributed by atoms with Crippen LogP contribution in [0.2, 0.25) is 0 Å². The van der Waals surface area contributed by atoms with Crippen LogP contribution in [0.4, 0.5) is 4.79 Å². The van der Waals surface area contributed by atoms with Crippen LogP contribution in [0.3, 0.4) is 0 Å². The minimum atomic E-state index is -0.895. The van der Waals surface area contributed by atoms with Crippen molar-refractivity contribution in [3.05, 3.63) is 0 Å². The van der Waals surface area contributed by atoms with Gasteiger partial charge in [0.1, 0.15) is 0 Å². The highest BCUT2D eigenvalue weighted by Crippen LogP contribution is 2.29. The number of nitrogens with one attached hydrogen (secondary N) is 1. The highest BCUT2D eigenvalue weighted by molar-refractivity contribution is 5.76. The Bertz CT molecular complexity index is 411. The van der Waals surface area contributed by atoms with Gasteiger partial charge in [0.2, 0.25) is 0 Å². The van der Waals surface area contributed by atoms with Crippen LogP contribution in [0, 0.1) is 5.92 Å². The molecular weight excluding hydrogens is 270 g/mol. The summed E-state index contributed by atoms with van der Waals surface area (Å²) in [4.78, 5) is 27.5. The molecule has 120 valence electrons. The first-order chi connectivity index (χ1) is 9.78. The van der Waals surface area contributed by atoms with Gasteiger partial charge in [0.05, 0.1) is 6.42 Å². The molecule has 6 heteroatoms. The third kappa shape index (κ3) is 4.09. The van der Waals surface area contributed by atoms with Gasteiger partial charge in [-0.2, -0.15) is 0 Å². The first kappa shape index (κ1) is 16.1. The smallest absolute Gasteiger partial charge is 0.317 e. The number of nitrogens with zero attached hydrogens (tertiary/aromatic N) is 2. The second-order valence-electron chi connectivity index (χ2n) is 7.07. The zero-order valence-electron chi connectivity index (χ0n) is 13.3. The third-order valence-electron chi connectivity index (χ3n) is 4.67. The summed E-state index contributed by atoms with van der Waals surface area (Å²) in [5.74, 6) is -0.348. The van der Waals surface area contributed by atoms with Crippen LogP contribution in [0.15, 0.2) is 0 Å². The zero-order valence-corrected chi connectivity index (χ0v) is 13.3. The number of urea groups is 1. The Morgan fingerprint density at radius 3 is 2.67 bits per heavy atom. The van der Waals surface area contributed by atoms with Crippen LogP contribution in [-0.2, 0) is 4.79 Å². The van der Waals surface area contributed by atoms with Crippen molar-refractivity contribution in [3.8, 4) is 0 Å². The molecule has 2 atom stereocenters. The van der Waals surface area contributed by atoms with Crippen LogP contribution in [-0.4, -0.2) is 65.2 Å². The molecule has 2 rings (SSSR count). The van der Waals surface area contributed by atoms with E-state index in [1.54, 1.807) is 13.8 Å². The van der Waals surface area contributed by atoms with E-state index >= 15 is 0 Å². The Balaban J connectivity index is 1.91. The molecule has 2 N–H and O–H groups in total. The third-order valence-corrected chi connectivity index (χ3v) is 4.67. The Morgan fingerprint density at radius 1 is 1.29 bits per heavy atom. The minimum absolute atomic E-state index is 0.0681. The number of rotatable bonds is 3. The van der Waals surface area contributed by atoms with Crippen LogP contribution in [0.25, 0.3) is 0 Å². The maximum Gasteiger partial charge on any atom is 0.317 e. The average molecular weight is 297 g/mol. The van der Waals surface area contributed by atoms with Crippen molar-refractivity contribution >= 4 is 12.0 Å². The maximum absolute atomic E-state index is 12.4. The molecule has 21 heavy (non-hydrogen) atoms. The number of aliphatic carboxylic acids is 1. The van der Waals surface area contributed by atoms with E-state index in [4.69, 9.17) is 5.11 Å². The lowest BCUT2D eigenvalue weighted by Crippen LogP contribution is -2.58. The summed E-state index contributed by atoms with van der Waals surface area (Å²) >= 11 is 0. The number of piperidine rings is 2. The van der Waals surface area contributed by atoms with Crippen molar-refractivity contribution in [1.29, 1.82) is 0 Å². The molecule has 6 nitrogen and oxygen atoms in total. The van der Waals surface area contributed by atoms with Gasteiger partial charge in [-0.25, -0.2) is 4.79 Å². The summed E-state index contributed by atoms with van der Waals surface area (Å²) in [6.45, 7) is 6.18. The highest BCUT2D eigenvalue weighted by atomic mass is 16.4. The molecule has 2 heterocycles. The molecule has 2 aliphatic heterocycles. The first-order valence-electron chi connectivity index (χ1n) is 7.77. The molecule has 0 aromatic carbocycles. The molecule has 0 radical (unpaired) electrons. The molecule has 0 saturated carbocycles. The number of carbonyl (C=O) groups is 2. The Labute approximate surface area is 126 Å². The summed E-state index contributed by atoms with van der Waals surface area (Å²) in [5.41, 5.74) is -0.719. The van der Waals surface area contributed by atoms with E-state index in [-0.39, 0.29) is 12.5 Å². The van der Waals surface area contributed by atoms with Crippen molar-refractivity contribution in [3.63, 3.8) is 0 Å². The van der Waals surface area contributed by atoms with Gasteiger partial charge in [-0.05, 0) is 52.6 Å². The van der Waals surface area contributed by atoms with Crippen LogP contribution in [0.1, 0.15) is 39.5 Å². The first-order valence-corrected chi connectivity index (χ1v) is 7.77. The van der Waals surface area contributed by atoms with Gasteiger partial charge in [0, 0.05) is 24.7 Å². The number of carboxylic acids is 1. The number of likely N-dealkylation sites (tertiary alicyclic amines) is 2. The van der Waals surface area contributed by atoms with Crippen molar-refractivity contribution in [2.75, 3.05) is 26.7 Å². The monoisotopic (exact) mass is 297 g/mol.